The van der Waals surface area contributed by atoms with Crippen molar-refractivity contribution in [2.45, 2.75) is 39.9 Å². The zero-order valence-corrected chi connectivity index (χ0v) is 25.8. The van der Waals surface area contributed by atoms with Gasteiger partial charge in [0.25, 0.3) is 5.91 Å². The number of methoxy groups -OCH3 is 1. The van der Waals surface area contributed by atoms with E-state index in [9.17, 15) is 9.59 Å². The van der Waals surface area contributed by atoms with Gasteiger partial charge in [-0.25, -0.2) is 4.79 Å². The van der Waals surface area contributed by atoms with Gasteiger partial charge in [-0.2, -0.15) is 0 Å². The van der Waals surface area contributed by atoms with E-state index in [1.165, 1.54) is 7.11 Å². The van der Waals surface area contributed by atoms with Crippen molar-refractivity contribution >= 4 is 11.9 Å². The van der Waals surface area contributed by atoms with Gasteiger partial charge in [0.2, 0.25) is 0 Å². The van der Waals surface area contributed by atoms with Gasteiger partial charge in [-0.3, -0.25) is 4.79 Å². The Balaban J connectivity index is 1.66. The van der Waals surface area contributed by atoms with Gasteiger partial charge in [-0.15, -0.1) is 0 Å². The number of aromatic nitrogens is 1. The summed E-state index contributed by atoms with van der Waals surface area (Å²) in [5, 5.41) is 7.05. The molecule has 5 aromatic rings. The minimum atomic E-state index is -0.458. The molecule has 0 saturated heterocycles. The number of ether oxygens (including phenoxy) is 3. The average Bonchev–Trinajstić information content (AvgIpc) is 3.52. The van der Waals surface area contributed by atoms with E-state index < -0.39 is 5.97 Å². The Bertz CT molecular complexity index is 1750. The summed E-state index contributed by atoms with van der Waals surface area (Å²) >= 11 is 0. The molecule has 8 heteroatoms. The summed E-state index contributed by atoms with van der Waals surface area (Å²) in [6.45, 7) is 7.12. The Hall–Kier alpha value is -5.37. The number of nitrogens with zero attached hydrogens (tertiary/aromatic N) is 1. The third kappa shape index (κ3) is 7.24. The molecule has 1 amide bonds. The largest absolute Gasteiger partial charge is 0.488 e. The minimum absolute atomic E-state index is 0.0891. The van der Waals surface area contributed by atoms with Crippen LogP contribution >= 0.6 is 0 Å². The molecule has 8 nitrogen and oxygen atoms in total. The van der Waals surface area contributed by atoms with Gasteiger partial charge in [0, 0.05) is 12.6 Å². The van der Waals surface area contributed by atoms with Crippen LogP contribution in [0, 0.1) is 0 Å². The molecule has 5 rings (SSSR count). The number of rotatable bonds is 12. The van der Waals surface area contributed by atoms with Crippen LogP contribution in [0.4, 0.5) is 0 Å². The van der Waals surface area contributed by atoms with Crippen LogP contribution in [0.3, 0.4) is 0 Å². The summed E-state index contributed by atoms with van der Waals surface area (Å²) in [5.74, 6) is 0.817. The zero-order valence-electron chi connectivity index (χ0n) is 25.8. The number of nitrogens with one attached hydrogen (secondary N) is 1. The van der Waals surface area contributed by atoms with Crippen molar-refractivity contribution in [3.63, 3.8) is 0 Å². The van der Waals surface area contributed by atoms with E-state index in [4.69, 9.17) is 18.7 Å². The molecule has 0 spiro atoms. The maximum absolute atomic E-state index is 13.2. The van der Waals surface area contributed by atoms with Gasteiger partial charge < -0.3 is 24.1 Å². The normalized spacial score (nSPS) is 10.9. The lowest BCUT2D eigenvalue weighted by molar-refractivity contribution is 0.0600. The van der Waals surface area contributed by atoms with Crippen molar-refractivity contribution in [3.8, 4) is 33.9 Å². The van der Waals surface area contributed by atoms with E-state index in [1.54, 1.807) is 24.3 Å². The summed E-state index contributed by atoms with van der Waals surface area (Å²) in [6, 6.07) is 30.5. The first-order chi connectivity index (χ1) is 21.9. The molecule has 1 heterocycles. The number of carbonyl (C=O) groups excluding carboxylic acids is 2. The van der Waals surface area contributed by atoms with Crippen molar-refractivity contribution in [2.24, 2.45) is 0 Å². The van der Waals surface area contributed by atoms with Gasteiger partial charge in [-0.05, 0) is 53.3 Å². The Labute approximate surface area is 262 Å². The first-order valence-corrected chi connectivity index (χ1v) is 14.9. The zero-order chi connectivity index (χ0) is 31.8. The second kappa shape index (κ2) is 14.4. The van der Waals surface area contributed by atoms with Crippen molar-refractivity contribution in [2.75, 3.05) is 13.7 Å². The molecule has 1 N–H and O–H groups in total. The molecule has 0 saturated carbocycles. The van der Waals surface area contributed by atoms with Crippen LogP contribution in [0.2, 0.25) is 0 Å². The maximum Gasteiger partial charge on any atom is 0.337 e. The van der Waals surface area contributed by atoms with E-state index in [1.807, 2.05) is 79.7 Å². The highest BCUT2D eigenvalue weighted by atomic mass is 16.5. The predicted octanol–water partition coefficient (Wildman–Crippen LogP) is 7.83. The molecular formula is C37H36N2O6. The summed E-state index contributed by atoms with van der Waals surface area (Å²) in [7, 11) is 1.33. The van der Waals surface area contributed by atoms with Crippen molar-refractivity contribution in [1.82, 2.24) is 10.5 Å². The first kappa shape index (κ1) is 31.1. The fraction of sp³-hybridized carbons (Fsp3) is 0.216. The van der Waals surface area contributed by atoms with E-state index in [0.717, 1.165) is 16.7 Å². The first-order valence-electron chi connectivity index (χ1n) is 14.9. The topological polar surface area (TPSA) is 99.9 Å². The highest BCUT2D eigenvalue weighted by Crippen LogP contribution is 2.44. The van der Waals surface area contributed by atoms with Gasteiger partial charge in [0.15, 0.2) is 11.5 Å². The van der Waals surface area contributed by atoms with Gasteiger partial charge >= 0.3 is 5.97 Å². The van der Waals surface area contributed by atoms with Gasteiger partial charge in [0.05, 0.1) is 23.8 Å². The number of benzene rings is 4. The Morgan fingerprint density at radius 1 is 0.822 bits per heavy atom. The maximum atomic E-state index is 13.2. The fourth-order valence-corrected chi connectivity index (χ4v) is 4.95. The molecule has 0 bridgehead atoms. The number of esters is 1. The van der Waals surface area contributed by atoms with Crippen LogP contribution in [0.5, 0.6) is 11.5 Å². The minimum Gasteiger partial charge on any atom is -0.488 e. The molecule has 0 aliphatic rings. The standard InChI is InChI=1S/C37H36N2O6/c1-5-38-36(40)34-33(27-16-18-28(19-17-27)37(41)42-4)35(45-39-34)30-20-29(24(2)3)31(43-22-25-12-8-6-9-13-25)21-32(30)44-23-26-14-10-7-11-15-26/h6-21,24H,5,22-23H2,1-4H3,(H,38,40). The van der Waals surface area contributed by atoms with E-state index in [2.05, 4.69) is 24.3 Å². The molecule has 0 aliphatic heterocycles. The second-order valence-electron chi connectivity index (χ2n) is 10.8. The third-order valence-electron chi connectivity index (χ3n) is 7.29. The molecular weight excluding hydrogens is 568 g/mol. The smallest absolute Gasteiger partial charge is 0.337 e. The Morgan fingerprint density at radius 2 is 1.42 bits per heavy atom. The summed E-state index contributed by atoms with van der Waals surface area (Å²) < 4.78 is 23.7. The lowest BCUT2D eigenvalue weighted by Crippen LogP contribution is -2.23. The van der Waals surface area contributed by atoms with Crippen molar-refractivity contribution < 1.29 is 28.3 Å². The van der Waals surface area contributed by atoms with Crippen molar-refractivity contribution in [1.29, 1.82) is 0 Å². The van der Waals surface area contributed by atoms with Gasteiger partial charge in [0.1, 0.15) is 24.7 Å². The van der Waals surface area contributed by atoms with Gasteiger partial charge in [-0.1, -0.05) is 91.8 Å². The summed E-state index contributed by atoms with van der Waals surface area (Å²) in [4.78, 5) is 25.3. The van der Waals surface area contributed by atoms with Crippen LogP contribution < -0.4 is 14.8 Å². The SMILES string of the molecule is CCNC(=O)c1noc(-c2cc(C(C)C)c(OCc3ccccc3)cc2OCc2ccccc2)c1-c1ccc(C(=O)OC)cc1. The highest BCUT2D eigenvalue weighted by molar-refractivity contribution is 6.03. The van der Waals surface area contributed by atoms with Crippen LogP contribution in [-0.4, -0.2) is 30.7 Å². The summed E-state index contributed by atoms with van der Waals surface area (Å²) in [5.41, 5.74) is 5.23. The number of amides is 1. The van der Waals surface area contributed by atoms with Crippen LogP contribution in [0.15, 0.2) is 102 Å². The van der Waals surface area contributed by atoms with Crippen LogP contribution in [0.1, 0.15) is 64.2 Å². The average molecular weight is 605 g/mol. The van der Waals surface area contributed by atoms with E-state index >= 15 is 0 Å². The van der Waals surface area contributed by atoms with E-state index in [-0.39, 0.29) is 17.5 Å². The Morgan fingerprint density at radius 3 is 1.98 bits per heavy atom. The quantitative estimate of drug-likeness (QED) is 0.145. The highest BCUT2D eigenvalue weighted by Gasteiger charge is 2.28. The number of carbonyl (C=O) groups is 2. The molecule has 45 heavy (non-hydrogen) atoms. The molecule has 0 fully saturated rings. The molecule has 4 aromatic carbocycles. The number of hydrogen-bond donors (Lipinski definition) is 1. The van der Waals surface area contributed by atoms with E-state index in [0.29, 0.717) is 59.3 Å². The molecule has 230 valence electrons. The third-order valence-corrected chi connectivity index (χ3v) is 7.29. The Kier molecular flexibility index (Phi) is 9.94. The molecule has 0 aliphatic carbocycles. The second-order valence-corrected chi connectivity index (χ2v) is 10.8. The molecule has 0 radical (unpaired) electrons. The fourth-order valence-electron chi connectivity index (χ4n) is 4.95. The van der Waals surface area contributed by atoms with Crippen LogP contribution in [-0.2, 0) is 18.0 Å². The van der Waals surface area contributed by atoms with Crippen LogP contribution in [0.25, 0.3) is 22.5 Å². The summed E-state index contributed by atoms with van der Waals surface area (Å²) in [6.07, 6.45) is 0. The molecule has 1 aromatic heterocycles. The number of hydrogen-bond acceptors (Lipinski definition) is 7. The molecule has 0 atom stereocenters. The predicted molar refractivity (Wildman–Crippen MR) is 172 cm³/mol. The van der Waals surface area contributed by atoms with Crippen molar-refractivity contribution in [3.05, 3.63) is 125 Å². The lowest BCUT2D eigenvalue weighted by Gasteiger charge is -2.19. The monoisotopic (exact) mass is 604 g/mol. The lowest BCUT2D eigenvalue weighted by atomic mass is 9.93. The molecule has 0 unspecified atom stereocenters.